The van der Waals surface area contributed by atoms with E-state index in [1.165, 1.54) is 12.3 Å². The predicted octanol–water partition coefficient (Wildman–Crippen LogP) is -0.278. The highest BCUT2D eigenvalue weighted by molar-refractivity contribution is 5.86. The van der Waals surface area contributed by atoms with Crippen LogP contribution >= 0.6 is 0 Å². The van der Waals surface area contributed by atoms with Gasteiger partial charge in [0.05, 0.1) is 6.26 Å². The average Bonchev–Trinajstić information content (AvgIpc) is 2.66. The summed E-state index contributed by atoms with van der Waals surface area (Å²) >= 11 is 0. The molecule has 1 heterocycles. The van der Waals surface area contributed by atoms with Gasteiger partial charge in [0.2, 0.25) is 5.76 Å². The van der Waals surface area contributed by atoms with Gasteiger partial charge in [-0.05, 0) is 12.1 Å². The molecule has 0 aromatic carbocycles. The van der Waals surface area contributed by atoms with Gasteiger partial charge in [-0.1, -0.05) is 0 Å². The summed E-state index contributed by atoms with van der Waals surface area (Å²) in [5, 5.41) is 0. The standard InChI is InChI=1S/C8H12N2O3/c9-4-6(5-10)13-8(11)7-2-1-3-12-7/h1-3,6H,4-5,9-10H2. The van der Waals surface area contributed by atoms with E-state index in [2.05, 4.69) is 0 Å². The summed E-state index contributed by atoms with van der Waals surface area (Å²) in [6.07, 6.45) is 0.953. The molecule has 0 saturated heterocycles. The lowest BCUT2D eigenvalue weighted by molar-refractivity contribution is 0.0302. The van der Waals surface area contributed by atoms with Crippen molar-refractivity contribution < 1.29 is 13.9 Å². The summed E-state index contributed by atoms with van der Waals surface area (Å²) in [6, 6.07) is 3.13. The lowest BCUT2D eigenvalue weighted by Gasteiger charge is -2.11. The van der Waals surface area contributed by atoms with E-state index in [4.69, 9.17) is 20.6 Å². The Labute approximate surface area is 75.6 Å². The van der Waals surface area contributed by atoms with Gasteiger partial charge in [-0.15, -0.1) is 0 Å². The second-order valence-electron chi connectivity index (χ2n) is 2.48. The molecule has 13 heavy (non-hydrogen) atoms. The zero-order chi connectivity index (χ0) is 9.68. The SMILES string of the molecule is NCC(CN)OC(=O)c1ccco1. The van der Waals surface area contributed by atoms with E-state index in [0.717, 1.165) is 0 Å². The maximum Gasteiger partial charge on any atom is 0.374 e. The van der Waals surface area contributed by atoms with Crippen LogP contribution in [0.25, 0.3) is 0 Å². The fourth-order valence-corrected chi connectivity index (χ4v) is 0.797. The normalized spacial score (nSPS) is 10.4. The molecule has 4 N–H and O–H groups in total. The molecule has 1 aromatic heterocycles. The number of carbonyl (C=O) groups excluding carboxylic acids is 1. The van der Waals surface area contributed by atoms with Crippen LogP contribution in [0.2, 0.25) is 0 Å². The number of carbonyl (C=O) groups is 1. The molecule has 0 radical (unpaired) electrons. The summed E-state index contributed by atoms with van der Waals surface area (Å²) < 4.78 is 9.74. The molecule has 0 fully saturated rings. The number of hydrogen-bond acceptors (Lipinski definition) is 5. The minimum absolute atomic E-state index is 0.159. The highest BCUT2D eigenvalue weighted by Gasteiger charge is 2.14. The molecule has 72 valence electrons. The van der Waals surface area contributed by atoms with Crippen molar-refractivity contribution in [1.29, 1.82) is 0 Å². The summed E-state index contributed by atoms with van der Waals surface area (Å²) in [5.74, 6) is -0.377. The number of ether oxygens (including phenoxy) is 1. The molecule has 0 atom stereocenters. The maximum absolute atomic E-state index is 11.2. The van der Waals surface area contributed by atoms with Crippen molar-refractivity contribution in [2.24, 2.45) is 11.5 Å². The Morgan fingerprint density at radius 2 is 2.23 bits per heavy atom. The molecule has 0 aliphatic rings. The minimum Gasteiger partial charge on any atom is -0.457 e. The fourth-order valence-electron chi connectivity index (χ4n) is 0.797. The minimum atomic E-state index is -0.536. The molecular formula is C8H12N2O3. The quantitative estimate of drug-likeness (QED) is 0.628. The van der Waals surface area contributed by atoms with Crippen molar-refractivity contribution in [2.45, 2.75) is 6.10 Å². The molecule has 0 spiro atoms. The summed E-state index contributed by atoms with van der Waals surface area (Å²) in [7, 11) is 0. The molecule has 1 aromatic rings. The van der Waals surface area contributed by atoms with E-state index < -0.39 is 12.1 Å². The van der Waals surface area contributed by atoms with Crippen LogP contribution in [0.4, 0.5) is 0 Å². The van der Waals surface area contributed by atoms with Gasteiger partial charge in [0.1, 0.15) is 6.10 Å². The Bertz CT molecular complexity index is 254. The lowest BCUT2D eigenvalue weighted by Crippen LogP contribution is -2.33. The van der Waals surface area contributed by atoms with Crippen LogP contribution in [0.3, 0.4) is 0 Å². The first kappa shape index (κ1) is 9.76. The number of furan rings is 1. The first-order chi connectivity index (χ1) is 6.27. The smallest absolute Gasteiger partial charge is 0.374 e. The van der Waals surface area contributed by atoms with Gasteiger partial charge >= 0.3 is 5.97 Å². The zero-order valence-corrected chi connectivity index (χ0v) is 7.10. The molecular weight excluding hydrogens is 172 g/mol. The molecule has 0 saturated carbocycles. The summed E-state index contributed by atoms with van der Waals surface area (Å²) in [5.41, 5.74) is 10.6. The van der Waals surface area contributed by atoms with Gasteiger partial charge in [-0.2, -0.15) is 0 Å². The largest absolute Gasteiger partial charge is 0.457 e. The van der Waals surface area contributed by atoms with Crippen LogP contribution in [-0.4, -0.2) is 25.2 Å². The van der Waals surface area contributed by atoms with Crippen LogP contribution in [0.1, 0.15) is 10.6 Å². The third-order valence-electron chi connectivity index (χ3n) is 1.52. The molecule has 0 aliphatic heterocycles. The van der Waals surface area contributed by atoms with Crippen molar-refractivity contribution in [1.82, 2.24) is 0 Å². The Morgan fingerprint density at radius 3 is 2.69 bits per heavy atom. The Kier molecular flexibility index (Phi) is 3.48. The van der Waals surface area contributed by atoms with Crippen molar-refractivity contribution in [3.05, 3.63) is 24.2 Å². The molecule has 5 heteroatoms. The highest BCUT2D eigenvalue weighted by atomic mass is 16.6. The van der Waals surface area contributed by atoms with Crippen LogP contribution in [-0.2, 0) is 4.74 Å². The first-order valence-electron chi connectivity index (χ1n) is 3.92. The van der Waals surface area contributed by atoms with Gasteiger partial charge in [0.25, 0.3) is 0 Å². The van der Waals surface area contributed by atoms with E-state index >= 15 is 0 Å². The van der Waals surface area contributed by atoms with Gasteiger partial charge in [0.15, 0.2) is 0 Å². The van der Waals surface area contributed by atoms with Gasteiger partial charge in [0, 0.05) is 13.1 Å². The van der Waals surface area contributed by atoms with E-state index in [0.29, 0.717) is 0 Å². The van der Waals surface area contributed by atoms with Gasteiger partial charge in [-0.3, -0.25) is 0 Å². The van der Waals surface area contributed by atoms with E-state index in [-0.39, 0.29) is 18.8 Å². The number of hydrogen-bond donors (Lipinski definition) is 2. The number of rotatable bonds is 4. The molecule has 5 nitrogen and oxygen atoms in total. The zero-order valence-electron chi connectivity index (χ0n) is 7.10. The molecule has 0 amide bonds. The Morgan fingerprint density at radius 1 is 1.54 bits per heavy atom. The number of nitrogens with two attached hydrogens (primary N) is 2. The third kappa shape index (κ3) is 2.57. The summed E-state index contributed by atoms with van der Waals surface area (Å²) in [4.78, 5) is 11.2. The number of esters is 1. The molecule has 0 bridgehead atoms. The van der Waals surface area contributed by atoms with Gasteiger partial charge in [-0.25, -0.2) is 4.79 Å². The van der Waals surface area contributed by atoms with Crippen molar-refractivity contribution >= 4 is 5.97 Å². The average molecular weight is 184 g/mol. The Balaban J connectivity index is 2.50. The topological polar surface area (TPSA) is 91.5 Å². The summed E-state index contributed by atoms with van der Waals surface area (Å²) in [6.45, 7) is 0.423. The Hall–Kier alpha value is -1.33. The fraction of sp³-hybridized carbons (Fsp3) is 0.375. The lowest BCUT2D eigenvalue weighted by atomic mass is 10.3. The van der Waals surface area contributed by atoms with Crippen molar-refractivity contribution in [3.63, 3.8) is 0 Å². The highest BCUT2D eigenvalue weighted by Crippen LogP contribution is 2.03. The third-order valence-corrected chi connectivity index (χ3v) is 1.52. The predicted molar refractivity (Wildman–Crippen MR) is 46.0 cm³/mol. The van der Waals surface area contributed by atoms with Gasteiger partial charge < -0.3 is 20.6 Å². The second kappa shape index (κ2) is 4.64. The first-order valence-corrected chi connectivity index (χ1v) is 3.92. The molecule has 0 aliphatic carbocycles. The van der Waals surface area contributed by atoms with Crippen LogP contribution in [0.15, 0.2) is 22.8 Å². The van der Waals surface area contributed by atoms with E-state index in [9.17, 15) is 4.79 Å². The molecule has 0 unspecified atom stereocenters. The second-order valence-corrected chi connectivity index (χ2v) is 2.48. The van der Waals surface area contributed by atoms with E-state index in [1.54, 1.807) is 6.07 Å². The van der Waals surface area contributed by atoms with Crippen molar-refractivity contribution in [3.8, 4) is 0 Å². The maximum atomic E-state index is 11.2. The monoisotopic (exact) mass is 184 g/mol. The van der Waals surface area contributed by atoms with Crippen LogP contribution < -0.4 is 11.5 Å². The van der Waals surface area contributed by atoms with Crippen LogP contribution in [0, 0.1) is 0 Å². The van der Waals surface area contributed by atoms with E-state index in [1.807, 2.05) is 0 Å². The molecule has 1 rings (SSSR count). The van der Waals surface area contributed by atoms with Crippen molar-refractivity contribution in [2.75, 3.05) is 13.1 Å². The van der Waals surface area contributed by atoms with Crippen LogP contribution in [0.5, 0.6) is 0 Å².